The molecule has 100 valence electrons. The fraction of sp³-hybridized carbons (Fsp3) is 0.562. The molecule has 2 heteroatoms. The topological polar surface area (TPSA) is 20.3 Å². The molecule has 0 aromatic heterocycles. The Morgan fingerprint density at radius 3 is 2.11 bits per heavy atom. The molecule has 0 unspecified atom stereocenters. The van der Waals surface area contributed by atoms with Crippen LogP contribution in [0.15, 0.2) is 18.2 Å². The molecule has 1 aromatic carbocycles. The van der Waals surface area contributed by atoms with Crippen molar-refractivity contribution in [1.29, 1.82) is 0 Å². The molecule has 0 saturated heterocycles. The van der Waals surface area contributed by atoms with Gasteiger partial charge in [-0.15, -0.1) is 0 Å². The van der Waals surface area contributed by atoms with Gasteiger partial charge in [0.1, 0.15) is 0 Å². The average molecular weight is 247 g/mol. The molecular weight excluding hydrogens is 222 g/mol. The molecule has 0 aliphatic heterocycles. The van der Waals surface area contributed by atoms with Crippen LogP contribution in [0.2, 0.25) is 0 Å². The van der Waals surface area contributed by atoms with E-state index in [4.69, 9.17) is 0 Å². The molecule has 0 saturated carbocycles. The van der Waals surface area contributed by atoms with E-state index in [9.17, 15) is 4.79 Å². The number of likely N-dealkylation sites (N-methyl/N-ethyl adjacent to an activating group) is 1. The number of aryl methyl sites for hydroxylation is 2. The van der Waals surface area contributed by atoms with E-state index >= 15 is 0 Å². The van der Waals surface area contributed by atoms with Crippen LogP contribution in [0.4, 0.5) is 0 Å². The van der Waals surface area contributed by atoms with E-state index in [1.807, 2.05) is 32.0 Å². The highest BCUT2D eigenvalue weighted by atomic mass is 16.1. The number of nitrogens with zero attached hydrogens (tertiary/aromatic N) is 1. The number of hydrogen-bond donors (Lipinski definition) is 0. The van der Waals surface area contributed by atoms with E-state index in [1.54, 1.807) is 0 Å². The lowest BCUT2D eigenvalue weighted by Crippen LogP contribution is -2.49. The van der Waals surface area contributed by atoms with Gasteiger partial charge in [0.2, 0.25) is 0 Å². The largest absolute Gasteiger partial charge is 0.292 e. The van der Waals surface area contributed by atoms with Crippen LogP contribution >= 0.6 is 0 Å². The molecule has 0 spiro atoms. The number of carbonyl (C=O) groups is 1. The third kappa shape index (κ3) is 2.81. The van der Waals surface area contributed by atoms with Gasteiger partial charge in [-0.1, -0.05) is 26.0 Å². The van der Waals surface area contributed by atoms with Crippen LogP contribution in [0.5, 0.6) is 0 Å². The number of carbonyl (C=O) groups excluding carboxylic acids is 1. The number of Topliss-reactive ketones (excluding diaryl/α,β-unsaturated/α-hetero) is 1. The van der Waals surface area contributed by atoms with Gasteiger partial charge in [0.25, 0.3) is 0 Å². The molecule has 18 heavy (non-hydrogen) atoms. The maximum Gasteiger partial charge on any atom is 0.182 e. The van der Waals surface area contributed by atoms with E-state index in [-0.39, 0.29) is 5.78 Å². The summed E-state index contributed by atoms with van der Waals surface area (Å²) in [4.78, 5) is 14.8. The summed E-state index contributed by atoms with van der Waals surface area (Å²) in [6, 6.07) is 5.97. The van der Waals surface area contributed by atoms with Crippen LogP contribution in [0, 0.1) is 13.8 Å². The molecular formula is C16H25NO. The van der Waals surface area contributed by atoms with Crippen molar-refractivity contribution in [3.8, 4) is 0 Å². The van der Waals surface area contributed by atoms with Crippen LogP contribution in [0.3, 0.4) is 0 Å². The van der Waals surface area contributed by atoms with Crippen LogP contribution in [0.25, 0.3) is 0 Å². The van der Waals surface area contributed by atoms with Crippen molar-refractivity contribution in [2.24, 2.45) is 0 Å². The zero-order valence-corrected chi connectivity index (χ0v) is 12.5. The lowest BCUT2D eigenvalue weighted by atomic mass is 9.90. The van der Waals surface area contributed by atoms with Gasteiger partial charge in [0.15, 0.2) is 5.78 Å². The minimum Gasteiger partial charge on any atom is -0.292 e. The first-order valence-electron chi connectivity index (χ1n) is 6.71. The number of benzene rings is 1. The Kier molecular flexibility index (Phi) is 4.69. The lowest BCUT2D eigenvalue weighted by molar-refractivity contribution is 0.0668. The second kappa shape index (κ2) is 5.66. The van der Waals surface area contributed by atoms with Crippen molar-refractivity contribution >= 4 is 5.78 Å². The van der Waals surface area contributed by atoms with Gasteiger partial charge in [0, 0.05) is 5.56 Å². The summed E-state index contributed by atoms with van der Waals surface area (Å²) < 4.78 is 0. The van der Waals surface area contributed by atoms with Crippen molar-refractivity contribution in [1.82, 2.24) is 4.90 Å². The summed E-state index contributed by atoms with van der Waals surface area (Å²) in [5, 5.41) is 0. The minimum atomic E-state index is -0.439. The monoisotopic (exact) mass is 247 g/mol. The fourth-order valence-corrected chi connectivity index (χ4v) is 2.39. The fourth-order valence-electron chi connectivity index (χ4n) is 2.39. The van der Waals surface area contributed by atoms with Gasteiger partial charge in [-0.25, -0.2) is 0 Å². The maximum absolute atomic E-state index is 12.6. The Bertz CT molecular complexity index is 431. The Balaban J connectivity index is 3.09. The SMILES string of the molecule is CCN(CC)C(C)(C)C(=O)c1ccc(C)c(C)c1. The normalized spacial score (nSPS) is 11.9. The third-order valence-corrected chi connectivity index (χ3v) is 3.88. The van der Waals surface area contributed by atoms with E-state index in [0.29, 0.717) is 0 Å². The van der Waals surface area contributed by atoms with E-state index in [1.165, 1.54) is 11.1 Å². The van der Waals surface area contributed by atoms with Crippen molar-refractivity contribution in [2.75, 3.05) is 13.1 Å². The molecule has 0 fully saturated rings. The zero-order chi connectivity index (χ0) is 13.9. The summed E-state index contributed by atoms with van der Waals surface area (Å²) >= 11 is 0. The highest BCUT2D eigenvalue weighted by molar-refractivity contribution is 6.02. The van der Waals surface area contributed by atoms with E-state index in [2.05, 4.69) is 32.6 Å². The highest BCUT2D eigenvalue weighted by Crippen LogP contribution is 2.21. The lowest BCUT2D eigenvalue weighted by Gasteiger charge is -2.35. The smallest absolute Gasteiger partial charge is 0.182 e. The molecule has 2 nitrogen and oxygen atoms in total. The molecule has 0 bridgehead atoms. The first-order chi connectivity index (χ1) is 8.34. The summed E-state index contributed by atoms with van der Waals surface area (Å²) in [6.07, 6.45) is 0. The Morgan fingerprint density at radius 2 is 1.67 bits per heavy atom. The van der Waals surface area contributed by atoms with Gasteiger partial charge in [-0.2, -0.15) is 0 Å². The van der Waals surface area contributed by atoms with Crippen LogP contribution < -0.4 is 0 Å². The van der Waals surface area contributed by atoms with Gasteiger partial charge in [-0.05, 0) is 58.0 Å². The molecule has 0 heterocycles. The Hall–Kier alpha value is -1.15. The van der Waals surface area contributed by atoms with Gasteiger partial charge in [0.05, 0.1) is 5.54 Å². The molecule has 1 aromatic rings. The summed E-state index contributed by atoms with van der Waals surface area (Å²) in [5.41, 5.74) is 2.78. The first kappa shape index (κ1) is 14.9. The molecule has 1 rings (SSSR count). The third-order valence-electron chi connectivity index (χ3n) is 3.88. The Morgan fingerprint density at radius 1 is 1.11 bits per heavy atom. The van der Waals surface area contributed by atoms with E-state index in [0.717, 1.165) is 18.7 Å². The molecule has 0 atom stereocenters. The van der Waals surface area contributed by atoms with Crippen molar-refractivity contribution < 1.29 is 4.79 Å². The standard InChI is InChI=1S/C16H25NO/c1-7-17(8-2)16(5,6)15(18)14-10-9-12(3)13(4)11-14/h9-11H,7-8H2,1-6H3. The van der Waals surface area contributed by atoms with E-state index < -0.39 is 5.54 Å². The zero-order valence-electron chi connectivity index (χ0n) is 12.5. The molecule has 0 aliphatic carbocycles. The second-order valence-corrected chi connectivity index (χ2v) is 5.36. The number of ketones is 1. The van der Waals surface area contributed by atoms with Crippen LogP contribution in [-0.2, 0) is 0 Å². The predicted octanol–water partition coefficient (Wildman–Crippen LogP) is 3.61. The van der Waals surface area contributed by atoms with Crippen molar-refractivity contribution in [2.45, 2.75) is 47.1 Å². The number of hydrogen-bond acceptors (Lipinski definition) is 2. The summed E-state index contributed by atoms with van der Waals surface area (Å²) in [6.45, 7) is 14.1. The molecule has 0 amide bonds. The Labute approximate surface area is 111 Å². The molecule has 0 radical (unpaired) electrons. The quantitative estimate of drug-likeness (QED) is 0.741. The predicted molar refractivity (Wildman–Crippen MR) is 77.2 cm³/mol. The van der Waals surface area contributed by atoms with Gasteiger partial charge >= 0.3 is 0 Å². The highest BCUT2D eigenvalue weighted by Gasteiger charge is 2.33. The number of rotatable bonds is 5. The second-order valence-electron chi connectivity index (χ2n) is 5.36. The molecule has 0 aliphatic rings. The van der Waals surface area contributed by atoms with Crippen LogP contribution in [-0.4, -0.2) is 29.3 Å². The average Bonchev–Trinajstić information content (AvgIpc) is 2.33. The van der Waals surface area contributed by atoms with Gasteiger partial charge in [-0.3, -0.25) is 9.69 Å². The summed E-state index contributed by atoms with van der Waals surface area (Å²) in [5.74, 6) is 0.203. The van der Waals surface area contributed by atoms with Crippen molar-refractivity contribution in [3.05, 3.63) is 34.9 Å². The first-order valence-corrected chi connectivity index (χ1v) is 6.71. The van der Waals surface area contributed by atoms with Crippen molar-refractivity contribution in [3.63, 3.8) is 0 Å². The van der Waals surface area contributed by atoms with Gasteiger partial charge < -0.3 is 0 Å². The van der Waals surface area contributed by atoms with Crippen LogP contribution in [0.1, 0.15) is 49.2 Å². The summed E-state index contributed by atoms with van der Waals surface area (Å²) in [7, 11) is 0. The molecule has 0 N–H and O–H groups in total. The minimum absolute atomic E-state index is 0.203. The maximum atomic E-state index is 12.6.